The summed E-state index contributed by atoms with van der Waals surface area (Å²) in [6.07, 6.45) is 0. The van der Waals surface area contributed by atoms with Gasteiger partial charge in [-0.15, -0.1) is 22.7 Å². The summed E-state index contributed by atoms with van der Waals surface area (Å²) in [6, 6.07) is 125. The summed E-state index contributed by atoms with van der Waals surface area (Å²) >= 11 is 3.76. The molecule has 2 spiro atoms. The molecule has 0 saturated carbocycles. The highest BCUT2D eigenvalue weighted by atomic mass is 32.1. The molecule has 14 aromatic carbocycles. The van der Waals surface area contributed by atoms with Crippen LogP contribution in [-0.2, 0) is 10.8 Å². The van der Waals surface area contributed by atoms with Crippen LogP contribution in [-0.4, -0.2) is 0 Å². The SMILES string of the molecule is c1ccc(-c2ccccc2N(c2ccc3c(c2)C2(c4ccccc4-c4ccccc42)C2c4ccc(N(c5ccccc5-c5ccccc5)c5cccc6sc7ccccc7c56)cc4C4(c5ccccc5-c5ccccc54)C32)c2cccc3sc4ccccc4c23)cc1. The van der Waals surface area contributed by atoms with Gasteiger partial charge in [-0.25, -0.2) is 0 Å². The first-order chi connectivity index (χ1) is 45.7. The van der Waals surface area contributed by atoms with E-state index in [1.807, 2.05) is 22.7 Å². The van der Waals surface area contributed by atoms with Crippen LogP contribution >= 0.6 is 22.7 Å². The van der Waals surface area contributed by atoms with Crippen molar-refractivity contribution in [1.82, 2.24) is 0 Å². The van der Waals surface area contributed by atoms with Crippen LogP contribution in [0, 0.1) is 0 Å². The van der Waals surface area contributed by atoms with Crippen molar-refractivity contribution in [1.29, 1.82) is 0 Å². The minimum Gasteiger partial charge on any atom is -0.309 e. The molecular formula is C88H56N2S2. The zero-order chi connectivity index (χ0) is 60.2. The van der Waals surface area contributed by atoms with Gasteiger partial charge in [-0.3, -0.25) is 0 Å². The van der Waals surface area contributed by atoms with E-state index in [9.17, 15) is 0 Å². The maximum absolute atomic E-state index is 2.66. The quantitative estimate of drug-likeness (QED) is 0.150. The predicted octanol–water partition coefficient (Wildman–Crippen LogP) is 24.2. The molecule has 92 heavy (non-hydrogen) atoms. The zero-order valence-corrected chi connectivity index (χ0v) is 51.7. The van der Waals surface area contributed by atoms with Crippen molar-refractivity contribution in [3.8, 4) is 44.5 Å². The first-order valence-electron chi connectivity index (χ1n) is 32.1. The minimum absolute atomic E-state index is 0.0376. The van der Waals surface area contributed by atoms with Crippen LogP contribution in [0.25, 0.3) is 84.9 Å². The number of hydrogen-bond donors (Lipinski definition) is 0. The van der Waals surface area contributed by atoms with Gasteiger partial charge in [0, 0.05) is 74.7 Å². The summed E-state index contributed by atoms with van der Waals surface area (Å²) in [5.74, 6) is -0.0751. The van der Waals surface area contributed by atoms with Gasteiger partial charge in [-0.2, -0.15) is 0 Å². The summed E-state index contributed by atoms with van der Waals surface area (Å²) in [5.41, 5.74) is 26.6. The molecule has 0 saturated heterocycles. The molecule has 4 aliphatic rings. The number of hydrogen-bond acceptors (Lipinski definition) is 4. The summed E-state index contributed by atoms with van der Waals surface area (Å²) in [7, 11) is 0. The molecule has 430 valence electrons. The summed E-state index contributed by atoms with van der Waals surface area (Å²) < 4.78 is 5.12. The van der Waals surface area contributed by atoms with Crippen LogP contribution in [0.2, 0.25) is 0 Å². The van der Waals surface area contributed by atoms with Crippen LogP contribution < -0.4 is 9.80 Å². The molecule has 2 heterocycles. The summed E-state index contributed by atoms with van der Waals surface area (Å²) in [5, 5.41) is 5.09. The smallest absolute Gasteiger partial charge is 0.0555 e. The molecule has 0 amide bonds. The molecule has 0 radical (unpaired) electrons. The first-order valence-corrected chi connectivity index (χ1v) is 33.7. The standard InChI is InChI=1S/C88H56N2S2/c1-3-25-55(26-4-1)59-29-11-19-41-75(59)89(77-43-23-47-81-83(77)67-35-13-21-45-79(67)91-81)57-49-51-65-73(53-57)87(69-37-15-7-31-61(69)62-32-8-16-38-70(62)87)86-66-52-50-58(54-74(66)88(85(65)86)71-39-17-9-33-63(71)64-34-10-18-40-72(64)88)90(76-42-20-12-30-60(76)56-27-5-2-6-28-56)78-44-24-48-82-84(78)68-36-14-22-46-80(68)92-82/h1-54,85-86H. The van der Waals surface area contributed by atoms with Crippen LogP contribution in [0.15, 0.2) is 328 Å². The Bertz CT molecular complexity index is 5270. The van der Waals surface area contributed by atoms with Gasteiger partial charge in [0.05, 0.1) is 33.6 Å². The van der Waals surface area contributed by atoms with Crippen molar-refractivity contribution < 1.29 is 0 Å². The predicted molar refractivity (Wildman–Crippen MR) is 388 cm³/mol. The second-order valence-electron chi connectivity index (χ2n) is 25.2. The molecular weight excluding hydrogens is 1150 g/mol. The third kappa shape index (κ3) is 6.97. The lowest BCUT2D eigenvalue weighted by Gasteiger charge is -2.38. The average Bonchev–Trinajstić information content (AvgIpc) is 1.46. The van der Waals surface area contributed by atoms with E-state index >= 15 is 0 Å². The first kappa shape index (κ1) is 51.9. The molecule has 0 aliphatic heterocycles. The van der Waals surface area contributed by atoms with E-state index < -0.39 is 10.8 Å². The lowest BCUT2D eigenvalue weighted by atomic mass is 9.62. The monoisotopic (exact) mass is 1200 g/mol. The zero-order valence-electron chi connectivity index (χ0n) is 50.0. The number of nitrogens with zero attached hydrogens (tertiary/aromatic N) is 2. The van der Waals surface area contributed by atoms with Gasteiger partial charge in [0.25, 0.3) is 0 Å². The van der Waals surface area contributed by atoms with Crippen molar-refractivity contribution in [2.45, 2.75) is 22.7 Å². The molecule has 16 aromatic rings. The number of benzene rings is 14. The fraction of sp³-hybridized carbons (Fsp3) is 0.0455. The van der Waals surface area contributed by atoms with Gasteiger partial charge >= 0.3 is 0 Å². The van der Waals surface area contributed by atoms with E-state index in [0.29, 0.717) is 0 Å². The molecule has 2 unspecified atom stereocenters. The van der Waals surface area contributed by atoms with E-state index in [-0.39, 0.29) is 11.8 Å². The number of rotatable bonds is 8. The second-order valence-corrected chi connectivity index (χ2v) is 27.4. The van der Waals surface area contributed by atoms with E-state index in [2.05, 4.69) is 337 Å². The Morgan fingerprint density at radius 3 is 0.957 bits per heavy atom. The number of fused-ring (bicyclic) bond motifs is 25. The third-order valence-corrected chi connectivity index (χ3v) is 23.3. The van der Waals surface area contributed by atoms with Crippen LogP contribution in [0.5, 0.6) is 0 Å². The van der Waals surface area contributed by atoms with Gasteiger partial charge in [-0.1, -0.05) is 255 Å². The molecule has 0 N–H and O–H groups in total. The molecule has 0 fully saturated rings. The molecule has 0 bridgehead atoms. The third-order valence-electron chi connectivity index (χ3n) is 21.1. The fourth-order valence-electron chi connectivity index (χ4n) is 17.8. The topological polar surface area (TPSA) is 6.48 Å². The van der Waals surface area contributed by atoms with Crippen LogP contribution in [0.1, 0.15) is 56.3 Å². The van der Waals surface area contributed by atoms with Gasteiger partial charge in [0.2, 0.25) is 0 Å². The number of thiophene rings is 2. The van der Waals surface area contributed by atoms with Crippen LogP contribution in [0.4, 0.5) is 34.1 Å². The van der Waals surface area contributed by atoms with Crippen molar-refractivity contribution in [2.75, 3.05) is 9.80 Å². The fourth-order valence-corrected chi connectivity index (χ4v) is 20.1. The van der Waals surface area contributed by atoms with E-state index in [1.165, 1.54) is 141 Å². The van der Waals surface area contributed by atoms with E-state index in [4.69, 9.17) is 0 Å². The molecule has 2 atom stereocenters. The van der Waals surface area contributed by atoms with Gasteiger partial charge in [0.15, 0.2) is 0 Å². The van der Waals surface area contributed by atoms with Gasteiger partial charge in [-0.05, 0) is 151 Å². The van der Waals surface area contributed by atoms with E-state index in [1.54, 1.807) is 0 Å². The molecule has 20 rings (SSSR count). The van der Waals surface area contributed by atoms with Crippen molar-refractivity contribution in [2.24, 2.45) is 0 Å². The lowest BCUT2D eigenvalue weighted by Crippen LogP contribution is -2.34. The Balaban J connectivity index is 0.905. The van der Waals surface area contributed by atoms with Crippen molar-refractivity contribution in [3.63, 3.8) is 0 Å². The second kappa shape index (κ2) is 19.8. The molecule has 4 aliphatic carbocycles. The lowest BCUT2D eigenvalue weighted by molar-refractivity contribution is 0.425. The van der Waals surface area contributed by atoms with Crippen molar-refractivity contribution in [3.05, 3.63) is 372 Å². The Morgan fingerprint density at radius 1 is 0.239 bits per heavy atom. The van der Waals surface area contributed by atoms with E-state index in [0.717, 1.165) is 22.7 Å². The highest BCUT2D eigenvalue weighted by molar-refractivity contribution is 7.26. The summed E-state index contributed by atoms with van der Waals surface area (Å²) in [6.45, 7) is 0. The molecule has 4 heteroatoms. The Labute approximate surface area is 542 Å². The normalized spacial score (nSPS) is 15.6. The minimum atomic E-state index is -0.623. The maximum Gasteiger partial charge on any atom is 0.0555 e. The molecule has 2 aromatic heterocycles. The number of anilines is 6. The van der Waals surface area contributed by atoms with Crippen LogP contribution in [0.3, 0.4) is 0 Å². The van der Waals surface area contributed by atoms with Gasteiger partial charge in [0.1, 0.15) is 0 Å². The van der Waals surface area contributed by atoms with Gasteiger partial charge < -0.3 is 9.80 Å². The highest BCUT2D eigenvalue weighted by Gasteiger charge is 2.69. The largest absolute Gasteiger partial charge is 0.309 e. The average molecular weight is 1210 g/mol. The van der Waals surface area contributed by atoms with Crippen molar-refractivity contribution >= 4 is 97.1 Å². The molecule has 2 nitrogen and oxygen atoms in total. The summed E-state index contributed by atoms with van der Waals surface area (Å²) in [4.78, 5) is 5.21. The maximum atomic E-state index is 2.66. The Hall–Kier alpha value is -10.9. The highest BCUT2D eigenvalue weighted by Crippen LogP contribution is 2.78. The Kier molecular flexibility index (Phi) is 11.2. The number of para-hydroxylation sites is 2. The Morgan fingerprint density at radius 2 is 0.554 bits per heavy atom.